The smallest absolute Gasteiger partial charge is 0.426 e. The minimum absolute atomic E-state index is 0.173. The first kappa shape index (κ1) is 15.1. The molecule has 0 heterocycles. The first-order chi connectivity index (χ1) is 8.50. The molecule has 0 saturated heterocycles. The van der Waals surface area contributed by atoms with E-state index < -0.39 is 39.8 Å². The molecule has 0 bridgehead atoms. The summed E-state index contributed by atoms with van der Waals surface area (Å²) in [5, 5.41) is 10.6. The maximum Gasteiger partial charge on any atom is 0.426 e. The third-order valence-corrected chi connectivity index (χ3v) is 2.13. The Labute approximate surface area is 101 Å². The summed E-state index contributed by atoms with van der Waals surface area (Å²) in [6.45, 7) is 0. The molecule has 0 aliphatic heterocycles. The largest absolute Gasteiger partial charge is 0.496 e. The van der Waals surface area contributed by atoms with Gasteiger partial charge in [0.1, 0.15) is 11.3 Å². The van der Waals surface area contributed by atoms with Crippen LogP contribution in [0.4, 0.5) is 32.0 Å². The van der Waals surface area contributed by atoms with Gasteiger partial charge < -0.3 is 4.74 Å². The first-order valence-electron chi connectivity index (χ1n) is 4.50. The average molecular weight is 289 g/mol. The van der Waals surface area contributed by atoms with E-state index in [4.69, 9.17) is 0 Å². The van der Waals surface area contributed by atoms with Crippen LogP contribution in [0.1, 0.15) is 11.1 Å². The van der Waals surface area contributed by atoms with Gasteiger partial charge in [0.05, 0.1) is 12.0 Å². The van der Waals surface area contributed by atoms with Crippen LogP contribution in [0, 0.1) is 10.1 Å². The van der Waals surface area contributed by atoms with Gasteiger partial charge >= 0.3 is 12.4 Å². The van der Waals surface area contributed by atoms with Gasteiger partial charge in [-0.3, -0.25) is 10.1 Å². The Kier molecular flexibility index (Phi) is 3.64. The Morgan fingerprint density at radius 1 is 1.11 bits per heavy atom. The predicted octanol–water partition coefficient (Wildman–Crippen LogP) is 3.64. The minimum Gasteiger partial charge on any atom is -0.496 e. The van der Waals surface area contributed by atoms with E-state index in [9.17, 15) is 36.5 Å². The number of rotatable bonds is 2. The van der Waals surface area contributed by atoms with Gasteiger partial charge in [-0.25, -0.2) is 0 Å². The molecule has 19 heavy (non-hydrogen) atoms. The van der Waals surface area contributed by atoms with Crippen molar-refractivity contribution in [2.24, 2.45) is 0 Å². The second-order valence-electron chi connectivity index (χ2n) is 3.29. The first-order valence-corrected chi connectivity index (χ1v) is 4.50. The van der Waals surface area contributed by atoms with Gasteiger partial charge in [-0.1, -0.05) is 0 Å². The number of alkyl halides is 6. The minimum atomic E-state index is -5.35. The Hall–Kier alpha value is -2.00. The molecule has 1 aromatic carbocycles. The summed E-state index contributed by atoms with van der Waals surface area (Å²) >= 11 is 0. The lowest BCUT2D eigenvalue weighted by molar-refractivity contribution is -0.391. The highest BCUT2D eigenvalue weighted by Gasteiger charge is 2.48. The number of nitro benzene ring substituents is 1. The summed E-state index contributed by atoms with van der Waals surface area (Å²) < 4.78 is 79.8. The van der Waals surface area contributed by atoms with Crippen molar-refractivity contribution < 1.29 is 36.0 Å². The maximum atomic E-state index is 12.7. The van der Waals surface area contributed by atoms with Crippen molar-refractivity contribution in [1.29, 1.82) is 0 Å². The van der Waals surface area contributed by atoms with Crippen LogP contribution in [0.5, 0.6) is 5.75 Å². The average Bonchev–Trinajstić information content (AvgIpc) is 2.24. The van der Waals surface area contributed by atoms with Crippen LogP contribution in [-0.2, 0) is 12.4 Å². The molecule has 106 valence electrons. The molecule has 0 atom stereocenters. The molecule has 1 rings (SSSR count). The summed E-state index contributed by atoms with van der Waals surface area (Å²) in [5.41, 5.74) is -6.11. The summed E-state index contributed by atoms with van der Waals surface area (Å²) in [6.07, 6.45) is -10.6. The Morgan fingerprint density at radius 2 is 1.63 bits per heavy atom. The molecular formula is C9H5F6NO3. The van der Waals surface area contributed by atoms with E-state index >= 15 is 0 Å². The number of halogens is 6. The van der Waals surface area contributed by atoms with Gasteiger partial charge in [-0.2, -0.15) is 26.3 Å². The lowest BCUT2D eigenvalue weighted by Gasteiger charge is -2.15. The molecule has 1 aromatic rings. The molecule has 0 fully saturated rings. The Bertz CT molecular complexity index is 508. The number of methoxy groups -OCH3 is 1. The van der Waals surface area contributed by atoms with E-state index in [1.807, 2.05) is 0 Å². The molecule has 0 aliphatic carbocycles. The zero-order valence-corrected chi connectivity index (χ0v) is 9.09. The standard InChI is InChI=1S/C9H5F6NO3/c1-19-5-3-2-4(8(10,11)12)7(16(17)18)6(5)9(13,14)15/h2-3H,1H3. The van der Waals surface area contributed by atoms with Gasteiger partial charge in [-0.05, 0) is 12.1 Å². The third kappa shape index (κ3) is 2.88. The van der Waals surface area contributed by atoms with Crippen molar-refractivity contribution in [3.63, 3.8) is 0 Å². The van der Waals surface area contributed by atoms with Crippen molar-refractivity contribution in [2.75, 3.05) is 7.11 Å². The van der Waals surface area contributed by atoms with Gasteiger partial charge in [-0.15, -0.1) is 0 Å². The van der Waals surface area contributed by atoms with Crippen LogP contribution in [-0.4, -0.2) is 12.0 Å². The highest BCUT2D eigenvalue weighted by molar-refractivity contribution is 5.57. The second kappa shape index (κ2) is 4.59. The molecule has 0 unspecified atom stereocenters. The van der Waals surface area contributed by atoms with Crippen molar-refractivity contribution in [3.8, 4) is 5.75 Å². The van der Waals surface area contributed by atoms with E-state index in [2.05, 4.69) is 4.74 Å². The third-order valence-electron chi connectivity index (χ3n) is 2.13. The number of ether oxygens (including phenoxy) is 1. The Balaban J connectivity index is 3.79. The van der Waals surface area contributed by atoms with Crippen LogP contribution >= 0.6 is 0 Å². The fourth-order valence-electron chi connectivity index (χ4n) is 1.44. The van der Waals surface area contributed by atoms with Crippen LogP contribution in [0.15, 0.2) is 12.1 Å². The van der Waals surface area contributed by atoms with Gasteiger partial charge in [0.2, 0.25) is 0 Å². The second-order valence-corrected chi connectivity index (χ2v) is 3.29. The molecule has 4 nitrogen and oxygen atoms in total. The summed E-state index contributed by atoms with van der Waals surface area (Å²) in [5.74, 6) is -1.05. The molecule has 0 aromatic heterocycles. The van der Waals surface area contributed by atoms with Gasteiger partial charge in [0, 0.05) is 0 Å². The van der Waals surface area contributed by atoms with Crippen LogP contribution in [0.3, 0.4) is 0 Å². The highest BCUT2D eigenvalue weighted by Crippen LogP contribution is 2.47. The quantitative estimate of drug-likeness (QED) is 0.474. The van der Waals surface area contributed by atoms with Crippen LogP contribution in [0.25, 0.3) is 0 Å². The highest BCUT2D eigenvalue weighted by atomic mass is 19.4. The normalized spacial score (nSPS) is 12.4. The van der Waals surface area contributed by atoms with Crippen molar-refractivity contribution >= 4 is 5.69 Å². The Morgan fingerprint density at radius 3 is 1.95 bits per heavy atom. The summed E-state index contributed by atoms with van der Waals surface area (Å²) in [4.78, 5) is 8.83. The maximum absolute atomic E-state index is 12.7. The number of hydrogen-bond donors (Lipinski definition) is 0. The van der Waals surface area contributed by atoms with Crippen molar-refractivity contribution in [3.05, 3.63) is 33.4 Å². The lowest BCUT2D eigenvalue weighted by Crippen LogP contribution is -2.16. The molecule has 0 radical (unpaired) electrons. The molecule has 0 saturated carbocycles. The SMILES string of the molecule is COc1ccc(C(F)(F)F)c([N+](=O)[O-])c1C(F)(F)F. The van der Waals surface area contributed by atoms with Crippen molar-refractivity contribution in [2.45, 2.75) is 12.4 Å². The lowest BCUT2D eigenvalue weighted by atomic mass is 10.0. The molecule has 0 aliphatic rings. The number of nitrogens with zero attached hydrogens (tertiary/aromatic N) is 1. The van der Waals surface area contributed by atoms with Crippen molar-refractivity contribution in [1.82, 2.24) is 0 Å². The monoisotopic (exact) mass is 289 g/mol. The predicted molar refractivity (Wildman–Crippen MR) is 49.7 cm³/mol. The van der Waals surface area contributed by atoms with E-state index in [1.54, 1.807) is 0 Å². The van der Waals surface area contributed by atoms with Crippen LogP contribution < -0.4 is 4.74 Å². The zero-order chi connectivity index (χ0) is 15.0. The van der Waals surface area contributed by atoms with Gasteiger partial charge in [0.25, 0.3) is 5.69 Å². The van der Waals surface area contributed by atoms with E-state index in [1.165, 1.54) is 0 Å². The molecule has 0 spiro atoms. The van der Waals surface area contributed by atoms with Gasteiger partial charge in [0.15, 0.2) is 5.56 Å². The van der Waals surface area contributed by atoms with E-state index in [0.29, 0.717) is 6.07 Å². The number of nitro groups is 1. The number of hydrogen-bond acceptors (Lipinski definition) is 3. The van der Waals surface area contributed by atoms with E-state index in [-0.39, 0.29) is 6.07 Å². The summed E-state index contributed by atoms with van der Waals surface area (Å²) in [6, 6.07) is 0.560. The topological polar surface area (TPSA) is 52.4 Å². The molecule has 0 amide bonds. The zero-order valence-electron chi connectivity index (χ0n) is 9.09. The van der Waals surface area contributed by atoms with Crippen LogP contribution in [0.2, 0.25) is 0 Å². The number of benzene rings is 1. The fourth-order valence-corrected chi connectivity index (χ4v) is 1.44. The molecular weight excluding hydrogens is 284 g/mol. The fraction of sp³-hybridized carbons (Fsp3) is 0.333. The summed E-state index contributed by atoms with van der Waals surface area (Å²) in [7, 11) is 0.765. The molecule has 10 heteroatoms. The molecule has 0 N–H and O–H groups in total. The van der Waals surface area contributed by atoms with E-state index in [0.717, 1.165) is 7.11 Å².